The predicted molar refractivity (Wildman–Crippen MR) is 140 cm³/mol. The van der Waals surface area contributed by atoms with Gasteiger partial charge in [-0.3, -0.25) is 4.79 Å². The van der Waals surface area contributed by atoms with Gasteiger partial charge in [0, 0.05) is 11.8 Å². The number of hydrogen-bond acceptors (Lipinski definition) is 6. The van der Waals surface area contributed by atoms with Crippen LogP contribution < -0.4 is 26.8 Å². The number of nitrogens with two attached hydrogens (primary N) is 2. The molecule has 8 heteroatoms. The summed E-state index contributed by atoms with van der Waals surface area (Å²) in [7, 11) is 1.56. The number of methoxy groups -OCH3 is 1. The number of primary amides is 1. The maximum absolute atomic E-state index is 15.2. The van der Waals surface area contributed by atoms with Gasteiger partial charge in [0.15, 0.2) is 11.6 Å². The molecule has 0 aliphatic heterocycles. The molecule has 0 bridgehead atoms. The normalized spacial score (nSPS) is 12.4. The number of benzene rings is 3. The Morgan fingerprint density at radius 2 is 1.58 bits per heavy atom. The largest absolute Gasteiger partial charge is 0.497 e. The number of halogens is 1. The number of aryl methyl sites for hydroxylation is 1. The highest BCUT2D eigenvalue weighted by molar-refractivity contribution is 5.98. The quantitative estimate of drug-likeness (QED) is 0.258. The van der Waals surface area contributed by atoms with Crippen LogP contribution in [0.1, 0.15) is 39.1 Å². The molecule has 1 amide bonds. The van der Waals surface area contributed by atoms with Gasteiger partial charge in [-0.05, 0) is 41.8 Å². The van der Waals surface area contributed by atoms with E-state index in [1.54, 1.807) is 13.2 Å². The molecule has 36 heavy (non-hydrogen) atoms. The van der Waals surface area contributed by atoms with Gasteiger partial charge in [0.05, 0.1) is 24.8 Å². The number of aromatic nitrogens is 1. The van der Waals surface area contributed by atoms with Gasteiger partial charge >= 0.3 is 0 Å². The number of nitrogens with zero attached hydrogens (tertiary/aromatic N) is 1. The lowest BCUT2D eigenvalue weighted by Gasteiger charge is -2.27. The van der Waals surface area contributed by atoms with Gasteiger partial charge in [0.25, 0.3) is 5.91 Å². The molecule has 4 rings (SSSR count). The summed E-state index contributed by atoms with van der Waals surface area (Å²) in [5.41, 5.74) is 15.4. The van der Waals surface area contributed by atoms with Crippen molar-refractivity contribution in [3.05, 3.63) is 113 Å². The Morgan fingerprint density at radius 1 is 0.944 bits per heavy atom. The van der Waals surface area contributed by atoms with Gasteiger partial charge in [-0.2, -0.15) is 0 Å². The molecule has 3 aromatic carbocycles. The van der Waals surface area contributed by atoms with E-state index in [1.807, 2.05) is 79.7 Å². The van der Waals surface area contributed by atoms with Gasteiger partial charge in [-0.25, -0.2) is 9.37 Å². The minimum Gasteiger partial charge on any atom is -0.497 e. The number of nitrogens with one attached hydrogen (secondary N) is 2. The molecule has 0 saturated heterocycles. The third-order valence-electron chi connectivity index (χ3n) is 5.79. The molecule has 0 unspecified atom stereocenters. The van der Waals surface area contributed by atoms with E-state index in [1.165, 1.54) is 0 Å². The topological polar surface area (TPSA) is 115 Å². The van der Waals surface area contributed by atoms with Crippen LogP contribution in [0, 0.1) is 12.7 Å². The first-order valence-electron chi connectivity index (χ1n) is 11.4. The molecule has 0 saturated carbocycles. The molecule has 184 valence electrons. The van der Waals surface area contributed by atoms with Crippen molar-refractivity contribution in [2.75, 3.05) is 17.7 Å². The van der Waals surface area contributed by atoms with E-state index < -0.39 is 23.8 Å². The predicted octanol–water partition coefficient (Wildman–Crippen LogP) is 5.23. The van der Waals surface area contributed by atoms with E-state index in [4.69, 9.17) is 16.2 Å². The second-order valence-electron chi connectivity index (χ2n) is 8.41. The maximum atomic E-state index is 15.2. The molecule has 2 atom stereocenters. The highest BCUT2D eigenvalue weighted by Crippen LogP contribution is 2.33. The van der Waals surface area contributed by atoms with Crippen LogP contribution >= 0.6 is 0 Å². The monoisotopic (exact) mass is 485 g/mol. The van der Waals surface area contributed by atoms with Gasteiger partial charge in [0.1, 0.15) is 11.6 Å². The summed E-state index contributed by atoms with van der Waals surface area (Å²) in [4.78, 5) is 16.5. The van der Waals surface area contributed by atoms with Crippen molar-refractivity contribution in [3.63, 3.8) is 0 Å². The van der Waals surface area contributed by atoms with E-state index in [-0.39, 0.29) is 17.2 Å². The lowest BCUT2D eigenvalue weighted by atomic mass is 9.94. The fourth-order valence-corrected chi connectivity index (χ4v) is 4.00. The molecule has 1 heterocycles. The van der Waals surface area contributed by atoms with Gasteiger partial charge in [-0.1, -0.05) is 60.7 Å². The van der Waals surface area contributed by atoms with Crippen LogP contribution in [0.25, 0.3) is 0 Å². The Balaban J connectivity index is 1.75. The number of pyridine rings is 1. The zero-order valence-corrected chi connectivity index (χ0v) is 20.0. The third kappa shape index (κ3) is 5.61. The van der Waals surface area contributed by atoms with Crippen molar-refractivity contribution in [1.82, 2.24) is 4.98 Å². The Morgan fingerprint density at radius 3 is 2.19 bits per heavy atom. The lowest BCUT2D eigenvalue weighted by molar-refractivity contribution is 0.100. The Hall–Kier alpha value is -4.43. The maximum Gasteiger partial charge on any atom is 0.252 e. The standard InChI is InChI=1S/C28H28FN5O2/c1-17-13-20(15-21(14-17)36-2)32-27-22(26(31)35)16-23(29)28(34-27)33-25(19-11-7-4-8-12-19)24(30)18-9-5-3-6-10-18/h3-16,24-25H,30H2,1-2H3,(H2,31,35)(H2,32,33,34)/t24-,25+/m0/s1. The lowest BCUT2D eigenvalue weighted by Crippen LogP contribution is -2.27. The minimum atomic E-state index is -0.810. The summed E-state index contributed by atoms with van der Waals surface area (Å²) < 4.78 is 20.6. The third-order valence-corrected chi connectivity index (χ3v) is 5.79. The number of carbonyl (C=O) groups excluding carboxylic acids is 1. The molecule has 0 radical (unpaired) electrons. The number of anilines is 3. The number of amides is 1. The summed E-state index contributed by atoms with van der Waals surface area (Å²) in [6.45, 7) is 1.91. The van der Waals surface area contributed by atoms with Crippen LogP contribution in [0.5, 0.6) is 5.75 Å². The van der Waals surface area contributed by atoms with Crippen molar-refractivity contribution in [1.29, 1.82) is 0 Å². The zero-order chi connectivity index (χ0) is 25.7. The molecule has 4 aromatic rings. The number of hydrogen-bond donors (Lipinski definition) is 4. The number of ether oxygens (including phenoxy) is 1. The highest BCUT2D eigenvalue weighted by Gasteiger charge is 2.25. The van der Waals surface area contributed by atoms with Gasteiger partial charge in [0.2, 0.25) is 0 Å². The van der Waals surface area contributed by atoms with E-state index in [0.29, 0.717) is 11.4 Å². The SMILES string of the molecule is COc1cc(C)cc(Nc2nc(N[C@H](c3ccccc3)[C@@H](N)c3ccccc3)c(F)cc2C(N)=O)c1. The molecule has 1 aromatic heterocycles. The number of rotatable bonds is 9. The zero-order valence-electron chi connectivity index (χ0n) is 20.0. The fraction of sp³-hybridized carbons (Fsp3) is 0.143. The van der Waals surface area contributed by atoms with Crippen LogP contribution in [0.4, 0.5) is 21.7 Å². The minimum absolute atomic E-state index is 0.0673. The van der Waals surface area contributed by atoms with Crippen LogP contribution in [-0.2, 0) is 0 Å². The molecule has 0 aliphatic carbocycles. The van der Waals surface area contributed by atoms with Crippen molar-refractivity contribution < 1.29 is 13.9 Å². The Bertz CT molecular complexity index is 1350. The van der Waals surface area contributed by atoms with Crippen molar-refractivity contribution in [2.24, 2.45) is 11.5 Å². The first-order valence-corrected chi connectivity index (χ1v) is 11.4. The number of carbonyl (C=O) groups is 1. The first-order chi connectivity index (χ1) is 17.4. The molecule has 6 N–H and O–H groups in total. The second-order valence-corrected chi connectivity index (χ2v) is 8.41. The molecule has 7 nitrogen and oxygen atoms in total. The Kier molecular flexibility index (Phi) is 7.46. The average molecular weight is 486 g/mol. The van der Waals surface area contributed by atoms with Crippen LogP contribution in [0.3, 0.4) is 0 Å². The summed E-state index contributed by atoms with van der Waals surface area (Å²) >= 11 is 0. The smallest absolute Gasteiger partial charge is 0.252 e. The van der Waals surface area contributed by atoms with Crippen molar-refractivity contribution in [2.45, 2.75) is 19.0 Å². The van der Waals surface area contributed by atoms with Gasteiger partial charge in [-0.15, -0.1) is 0 Å². The summed E-state index contributed by atoms with van der Waals surface area (Å²) in [5, 5.41) is 6.24. The van der Waals surface area contributed by atoms with E-state index in [9.17, 15) is 4.79 Å². The molecule has 0 aliphatic rings. The molecule has 0 fully saturated rings. The second kappa shape index (κ2) is 10.9. The fourth-order valence-electron chi connectivity index (χ4n) is 4.00. The van der Waals surface area contributed by atoms with Crippen molar-refractivity contribution in [3.8, 4) is 5.75 Å². The van der Waals surface area contributed by atoms with Crippen molar-refractivity contribution >= 4 is 23.2 Å². The summed E-state index contributed by atoms with van der Waals surface area (Å²) in [6.07, 6.45) is 0. The van der Waals surface area contributed by atoms with Crippen LogP contribution in [0.15, 0.2) is 84.9 Å². The molecular formula is C28H28FN5O2. The Labute approximate surface area is 209 Å². The van der Waals surface area contributed by atoms with E-state index in [0.717, 1.165) is 22.8 Å². The highest BCUT2D eigenvalue weighted by atomic mass is 19.1. The summed E-state index contributed by atoms with van der Waals surface area (Å²) in [5.74, 6) is -0.869. The average Bonchev–Trinajstić information content (AvgIpc) is 2.88. The summed E-state index contributed by atoms with van der Waals surface area (Å²) in [6, 6.07) is 24.5. The first kappa shape index (κ1) is 24.7. The van der Waals surface area contributed by atoms with E-state index in [2.05, 4.69) is 15.6 Å². The van der Waals surface area contributed by atoms with Gasteiger partial charge < -0.3 is 26.8 Å². The molecule has 0 spiro atoms. The molecular weight excluding hydrogens is 457 g/mol. The van der Waals surface area contributed by atoms with Crippen LogP contribution in [-0.4, -0.2) is 18.0 Å². The van der Waals surface area contributed by atoms with E-state index >= 15 is 4.39 Å². The van der Waals surface area contributed by atoms with Crippen LogP contribution in [0.2, 0.25) is 0 Å².